The second kappa shape index (κ2) is 7.87. The van der Waals surface area contributed by atoms with Crippen LogP contribution in [0.1, 0.15) is 45.1 Å². The third-order valence-corrected chi connectivity index (χ3v) is 6.09. The molecule has 1 fully saturated rings. The molecule has 1 amide bonds. The highest BCUT2D eigenvalue weighted by Crippen LogP contribution is 2.50. The fraction of sp³-hybridized carbons (Fsp3) is 0.458. The Labute approximate surface area is 182 Å². The Kier molecular flexibility index (Phi) is 5.37. The van der Waals surface area contributed by atoms with Gasteiger partial charge in [0.25, 0.3) is 5.91 Å². The van der Waals surface area contributed by atoms with Crippen molar-refractivity contribution < 1.29 is 23.9 Å². The first-order valence-corrected chi connectivity index (χ1v) is 10.6. The van der Waals surface area contributed by atoms with Gasteiger partial charge >= 0.3 is 5.97 Å². The first kappa shape index (κ1) is 21.2. The molecule has 0 spiro atoms. The Morgan fingerprint density at radius 1 is 1.19 bits per heavy atom. The number of hydrogen-bond donors (Lipinski definition) is 1. The number of esters is 1. The molecule has 3 aliphatic rings. The lowest BCUT2D eigenvalue weighted by Crippen LogP contribution is -2.51. The van der Waals surface area contributed by atoms with Crippen molar-refractivity contribution >= 4 is 17.7 Å². The van der Waals surface area contributed by atoms with Crippen molar-refractivity contribution in [3.8, 4) is 5.75 Å². The highest BCUT2D eigenvalue weighted by molar-refractivity contribution is 6.09. The van der Waals surface area contributed by atoms with Gasteiger partial charge in [0.1, 0.15) is 11.4 Å². The summed E-state index contributed by atoms with van der Waals surface area (Å²) in [5.74, 6) is -0.852. The van der Waals surface area contributed by atoms with Crippen LogP contribution in [0.15, 0.2) is 46.8 Å². The van der Waals surface area contributed by atoms with E-state index in [9.17, 15) is 14.4 Å². The number of benzene rings is 1. The minimum atomic E-state index is -0.656. The summed E-state index contributed by atoms with van der Waals surface area (Å²) in [5.41, 5.74) is 2.49. The molecule has 7 heteroatoms. The van der Waals surface area contributed by atoms with Crippen molar-refractivity contribution in [3.05, 3.63) is 52.4 Å². The first-order chi connectivity index (χ1) is 14.8. The smallest absolute Gasteiger partial charge is 0.337 e. The summed E-state index contributed by atoms with van der Waals surface area (Å²) in [7, 11) is 1.30. The summed E-state index contributed by atoms with van der Waals surface area (Å²) in [6.45, 7) is 7.53. The number of ketones is 1. The zero-order valence-electron chi connectivity index (χ0n) is 18.4. The molecule has 0 unspecified atom stereocenters. The maximum atomic E-state index is 13.4. The van der Waals surface area contributed by atoms with Crippen molar-refractivity contribution in [1.82, 2.24) is 10.2 Å². The molecule has 164 valence electrons. The molecule has 7 nitrogen and oxygen atoms in total. The van der Waals surface area contributed by atoms with E-state index in [1.807, 2.05) is 36.1 Å². The molecule has 0 saturated carbocycles. The molecule has 4 rings (SSSR count). The van der Waals surface area contributed by atoms with Crippen LogP contribution in [0.5, 0.6) is 5.75 Å². The number of methoxy groups -OCH3 is 1. The maximum Gasteiger partial charge on any atom is 0.337 e. The Morgan fingerprint density at radius 2 is 1.90 bits per heavy atom. The van der Waals surface area contributed by atoms with Gasteiger partial charge in [0.2, 0.25) is 0 Å². The van der Waals surface area contributed by atoms with Crippen molar-refractivity contribution in [2.75, 3.05) is 26.8 Å². The number of ether oxygens (including phenoxy) is 2. The number of hydrogen-bond acceptors (Lipinski definition) is 6. The number of rotatable bonds is 4. The van der Waals surface area contributed by atoms with Gasteiger partial charge in [-0.15, -0.1) is 0 Å². The molecule has 1 aliphatic carbocycles. The molecule has 1 saturated heterocycles. The first-order valence-electron chi connectivity index (χ1n) is 10.6. The van der Waals surface area contributed by atoms with Crippen molar-refractivity contribution in [1.29, 1.82) is 0 Å². The van der Waals surface area contributed by atoms with E-state index in [1.165, 1.54) is 7.11 Å². The number of fused-ring (bicyclic) bond motifs is 2. The fourth-order valence-corrected chi connectivity index (χ4v) is 4.87. The van der Waals surface area contributed by atoms with Crippen LogP contribution in [0.25, 0.3) is 0 Å². The SMILES string of the molecule is CCOc1ccc([C@H]2C3=C(CC(C)(C)CC3=O)N3CCNC(=O)C3=C2C(=O)OC)cc1. The summed E-state index contributed by atoms with van der Waals surface area (Å²) in [6.07, 6.45) is 1.05. The lowest BCUT2D eigenvalue weighted by Gasteiger charge is -2.46. The molecule has 31 heavy (non-hydrogen) atoms. The standard InChI is InChI=1S/C24H28N2O5/c1-5-31-15-8-6-14(7-9-15)18-19-16(12-24(2,3)13-17(19)27)26-11-10-25-22(28)21(26)20(18)23(29)30-4/h6-9,18H,5,10-13H2,1-4H3,(H,25,28)/t18-/m0/s1. The molecular formula is C24H28N2O5. The van der Waals surface area contributed by atoms with Gasteiger partial charge in [-0.3, -0.25) is 9.59 Å². The van der Waals surface area contributed by atoms with E-state index < -0.39 is 11.9 Å². The van der Waals surface area contributed by atoms with E-state index in [4.69, 9.17) is 9.47 Å². The number of carbonyl (C=O) groups excluding carboxylic acids is 3. The van der Waals surface area contributed by atoms with Crippen molar-refractivity contribution in [2.45, 2.75) is 39.5 Å². The normalized spacial score (nSPS) is 22.6. The Bertz CT molecular complexity index is 1000. The van der Waals surface area contributed by atoms with E-state index in [0.717, 1.165) is 11.3 Å². The number of nitrogens with zero attached hydrogens (tertiary/aromatic N) is 1. The van der Waals surface area contributed by atoms with Crippen LogP contribution in [0.4, 0.5) is 0 Å². The monoisotopic (exact) mass is 424 g/mol. The van der Waals surface area contributed by atoms with Crippen molar-refractivity contribution in [3.63, 3.8) is 0 Å². The molecule has 0 aromatic heterocycles. The number of Topliss-reactive ketones (excluding diaryl/α,β-unsaturated/α-hetero) is 1. The molecule has 1 aromatic rings. The van der Waals surface area contributed by atoms with Crippen LogP contribution in [0.3, 0.4) is 0 Å². The zero-order valence-corrected chi connectivity index (χ0v) is 18.4. The van der Waals surface area contributed by atoms with Gasteiger partial charge < -0.3 is 19.7 Å². The fourth-order valence-electron chi connectivity index (χ4n) is 4.87. The summed E-state index contributed by atoms with van der Waals surface area (Å²) in [5, 5.41) is 2.84. The molecular weight excluding hydrogens is 396 g/mol. The highest BCUT2D eigenvalue weighted by atomic mass is 16.5. The van der Waals surface area contributed by atoms with E-state index >= 15 is 0 Å². The Balaban J connectivity index is 1.95. The van der Waals surface area contributed by atoms with E-state index in [-0.39, 0.29) is 22.7 Å². The topological polar surface area (TPSA) is 84.9 Å². The third kappa shape index (κ3) is 3.62. The van der Waals surface area contributed by atoms with Crippen LogP contribution < -0.4 is 10.1 Å². The predicted molar refractivity (Wildman–Crippen MR) is 114 cm³/mol. The van der Waals surface area contributed by atoms with E-state index in [2.05, 4.69) is 19.2 Å². The van der Waals surface area contributed by atoms with Crippen LogP contribution in [-0.2, 0) is 19.1 Å². The lowest BCUT2D eigenvalue weighted by molar-refractivity contribution is -0.137. The van der Waals surface area contributed by atoms with Gasteiger partial charge in [-0.2, -0.15) is 0 Å². The van der Waals surface area contributed by atoms with Gasteiger partial charge in [0, 0.05) is 36.7 Å². The van der Waals surface area contributed by atoms with E-state index in [1.54, 1.807) is 0 Å². The molecule has 1 atom stereocenters. The maximum absolute atomic E-state index is 13.4. The quantitative estimate of drug-likeness (QED) is 0.748. The van der Waals surface area contributed by atoms with Crippen LogP contribution in [0.2, 0.25) is 0 Å². The number of amides is 1. The Hall–Kier alpha value is -3.09. The van der Waals surface area contributed by atoms with Crippen LogP contribution in [0, 0.1) is 5.41 Å². The average Bonchev–Trinajstić information content (AvgIpc) is 2.73. The van der Waals surface area contributed by atoms with Crippen molar-refractivity contribution in [2.24, 2.45) is 5.41 Å². The van der Waals surface area contributed by atoms with Gasteiger partial charge in [-0.25, -0.2) is 4.79 Å². The minimum absolute atomic E-state index is 0.0107. The number of piperazine rings is 1. The number of carbonyl (C=O) groups is 3. The highest BCUT2D eigenvalue weighted by Gasteiger charge is 2.48. The van der Waals surface area contributed by atoms with Gasteiger partial charge in [-0.05, 0) is 36.5 Å². The summed E-state index contributed by atoms with van der Waals surface area (Å²) >= 11 is 0. The van der Waals surface area contributed by atoms with Gasteiger partial charge in [0.05, 0.1) is 19.3 Å². The summed E-state index contributed by atoms with van der Waals surface area (Å²) < 4.78 is 10.6. The molecule has 2 aliphatic heterocycles. The Morgan fingerprint density at radius 3 is 2.55 bits per heavy atom. The van der Waals surface area contributed by atoms with Gasteiger partial charge in [0.15, 0.2) is 5.78 Å². The zero-order chi connectivity index (χ0) is 22.3. The molecule has 1 N–H and O–H groups in total. The summed E-state index contributed by atoms with van der Waals surface area (Å²) in [4.78, 5) is 41.2. The van der Waals surface area contributed by atoms with Gasteiger partial charge in [-0.1, -0.05) is 26.0 Å². The molecule has 0 bridgehead atoms. The van der Waals surface area contributed by atoms with Crippen LogP contribution >= 0.6 is 0 Å². The van der Waals surface area contributed by atoms with E-state index in [0.29, 0.717) is 49.6 Å². The lowest BCUT2D eigenvalue weighted by atomic mass is 9.68. The number of nitrogens with one attached hydrogen (secondary N) is 1. The second-order valence-corrected chi connectivity index (χ2v) is 8.90. The van der Waals surface area contributed by atoms with Crippen LogP contribution in [-0.4, -0.2) is 49.4 Å². The number of allylic oxidation sites excluding steroid dienone is 2. The predicted octanol–water partition coefficient (Wildman–Crippen LogP) is 2.68. The average molecular weight is 424 g/mol. The molecule has 2 heterocycles. The largest absolute Gasteiger partial charge is 0.494 e. The molecule has 0 radical (unpaired) electrons. The molecule has 1 aromatic carbocycles. The third-order valence-electron chi connectivity index (χ3n) is 6.09. The minimum Gasteiger partial charge on any atom is -0.494 e. The second-order valence-electron chi connectivity index (χ2n) is 8.90. The summed E-state index contributed by atoms with van der Waals surface area (Å²) in [6, 6.07) is 7.35.